The Morgan fingerprint density at radius 2 is 1.96 bits per heavy atom. The standard InChI is InChI=1S/C12H18N6O6/c1-9-11(17(20)21)12(18(22)23)14-16(9)8-10(19)13-2-3-15-4-6-24-7-5-15/h2-8H2,1H3,(H,13,19). The van der Waals surface area contributed by atoms with E-state index in [1.54, 1.807) is 0 Å². The van der Waals surface area contributed by atoms with Crippen molar-refractivity contribution in [3.63, 3.8) is 0 Å². The number of amides is 1. The summed E-state index contributed by atoms with van der Waals surface area (Å²) >= 11 is 0. The van der Waals surface area contributed by atoms with Gasteiger partial charge in [0.1, 0.15) is 12.2 Å². The number of hydrogen-bond acceptors (Lipinski definition) is 8. The second-order valence-electron chi connectivity index (χ2n) is 5.23. The Hall–Kier alpha value is -2.60. The van der Waals surface area contributed by atoms with Crippen LogP contribution >= 0.6 is 0 Å². The van der Waals surface area contributed by atoms with Crippen molar-refractivity contribution in [2.24, 2.45) is 0 Å². The number of nitrogens with one attached hydrogen (secondary N) is 1. The summed E-state index contributed by atoms with van der Waals surface area (Å²) in [4.78, 5) is 34.0. The molecule has 12 nitrogen and oxygen atoms in total. The quantitative estimate of drug-likeness (QED) is 0.513. The lowest BCUT2D eigenvalue weighted by Crippen LogP contribution is -2.41. The minimum atomic E-state index is -0.933. The molecule has 0 bridgehead atoms. The number of morpholine rings is 1. The van der Waals surface area contributed by atoms with E-state index < -0.39 is 27.3 Å². The van der Waals surface area contributed by atoms with Gasteiger partial charge in [-0.15, -0.1) is 0 Å². The van der Waals surface area contributed by atoms with Gasteiger partial charge in [-0.2, -0.15) is 4.68 Å². The van der Waals surface area contributed by atoms with Crippen molar-refractivity contribution in [2.75, 3.05) is 39.4 Å². The second-order valence-corrected chi connectivity index (χ2v) is 5.23. The van der Waals surface area contributed by atoms with E-state index >= 15 is 0 Å². The maximum Gasteiger partial charge on any atom is 0.468 e. The van der Waals surface area contributed by atoms with Crippen LogP contribution in [0.15, 0.2) is 0 Å². The van der Waals surface area contributed by atoms with Gasteiger partial charge in [-0.25, -0.2) is 0 Å². The van der Waals surface area contributed by atoms with Crippen LogP contribution in [0.4, 0.5) is 11.5 Å². The van der Waals surface area contributed by atoms with Gasteiger partial charge in [0.05, 0.1) is 23.2 Å². The molecule has 0 spiro atoms. The topological polar surface area (TPSA) is 146 Å². The van der Waals surface area contributed by atoms with E-state index in [0.29, 0.717) is 26.3 Å². The minimum absolute atomic E-state index is 0.0324. The van der Waals surface area contributed by atoms with Gasteiger partial charge in [0, 0.05) is 26.2 Å². The highest BCUT2D eigenvalue weighted by Crippen LogP contribution is 2.28. The number of rotatable bonds is 7. The van der Waals surface area contributed by atoms with Gasteiger partial charge in [0.25, 0.3) is 0 Å². The molecule has 0 aromatic carbocycles. The average Bonchev–Trinajstić information content (AvgIpc) is 2.85. The predicted molar refractivity (Wildman–Crippen MR) is 80.5 cm³/mol. The average molecular weight is 342 g/mol. The number of ether oxygens (including phenoxy) is 1. The van der Waals surface area contributed by atoms with Crippen LogP contribution in [0.2, 0.25) is 0 Å². The fourth-order valence-corrected chi connectivity index (χ4v) is 2.38. The van der Waals surface area contributed by atoms with Crippen molar-refractivity contribution in [3.8, 4) is 0 Å². The molecule has 1 aliphatic heterocycles. The first-order chi connectivity index (χ1) is 11.4. The maximum atomic E-state index is 11.9. The highest BCUT2D eigenvalue weighted by Gasteiger charge is 2.35. The molecule has 0 atom stereocenters. The zero-order valence-corrected chi connectivity index (χ0v) is 13.1. The van der Waals surface area contributed by atoms with Gasteiger partial charge in [0.2, 0.25) is 5.91 Å². The van der Waals surface area contributed by atoms with Gasteiger partial charge in [-0.05, 0) is 11.8 Å². The largest absolute Gasteiger partial charge is 0.468 e. The lowest BCUT2D eigenvalue weighted by Gasteiger charge is -2.26. The molecule has 1 saturated heterocycles. The molecular weight excluding hydrogens is 324 g/mol. The van der Waals surface area contributed by atoms with E-state index in [1.807, 2.05) is 0 Å². The lowest BCUT2D eigenvalue weighted by molar-refractivity contribution is -0.424. The molecule has 1 aromatic heterocycles. The summed E-state index contributed by atoms with van der Waals surface area (Å²) in [6.45, 7) is 4.99. The number of nitro groups is 2. The number of carbonyl (C=O) groups excluding carboxylic acids is 1. The molecule has 2 rings (SSSR count). The molecule has 1 N–H and O–H groups in total. The van der Waals surface area contributed by atoms with E-state index in [2.05, 4.69) is 15.3 Å². The Morgan fingerprint density at radius 1 is 1.29 bits per heavy atom. The Balaban J connectivity index is 1.92. The Labute approximate surface area is 136 Å². The summed E-state index contributed by atoms with van der Waals surface area (Å²) in [5, 5.41) is 28.0. The van der Waals surface area contributed by atoms with Crippen LogP contribution in [-0.2, 0) is 16.1 Å². The fourth-order valence-electron chi connectivity index (χ4n) is 2.38. The molecule has 0 aliphatic carbocycles. The monoisotopic (exact) mass is 342 g/mol. The third-order valence-corrected chi connectivity index (χ3v) is 3.66. The number of hydrogen-bond donors (Lipinski definition) is 1. The molecule has 2 heterocycles. The first-order valence-corrected chi connectivity index (χ1v) is 7.33. The SMILES string of the molecule is Cc1c([N+](=O)[O-])c([N+](=O)[O-])nn1CC(=O)NCCN1CCOCC1. The molecule has 24 heavy (non-hydrogen) atoms. The number of carbonyl (C=O) groups is 1. The van der Waals surface area contributed by atoms with Gasteiger partial charge < -0.3 is 20.2 Å². The van der Waals surface area contributed by atoms with Crippen molar-refractivity contribution >= 4 is 17.4 Å². The van der Waals surface area contributed by atoms with Crippen molar-refractivity contribution in [1.29, 1.82) is 0 Å². The molecule has 132 valence electrons. The zero-order valence-electron chi connectivity index (χ0n) is 13.1. The smallest absolute Gasteiger partial charge is 0.379 e. The highest BCUT2D eigenvalue weighted by molar-refractivity contribution is 5.76. The summed E-state index contributed by atoms with van der Waals surface area (Å²) in [6.07, 6.45) is 0. The molecule has 1 amide bonds. The Bertz CT molecular complexity index is 638. The van der Waals surface area contributed by atoms with Crippen LogP contribution in [0, 0.1) is 27.2 Å². The van der Waals surface area contributed by atoms with E-state index in [9.17, 15) is 25.0 Å². The van der Waals surface area contributed by atoms with E-state index in [0.717, 1.165) is 17.8 Å². The van der Waals surface area contributed by atoms with Crippen LogP contribution in [0.25, 0.3) is 0 Å². The first-order valence-electron chi connectivity index (χ1n) is 7.33. The number of nitrogens with zero attached hydrogens (tertiary/aromatic N) is 5. The fraction of sp³-hybridized carbons (Fsp3) is 0.667. The first kappa shape index (κ1) is 17.7. The van der Waals surface area contributed by atoms with Crippen LogP contribution in [0.3, 0.4) is 0 Å². The van der Waals surface area contributed by atoms with Crippen molar-refractivity contribution < 1.29 is 19.4 Å². The van der Waals surface area contributed by atoms with Crippen LogP contribution < -0.4 is 5.32 Å². The molecule has 1 aromatic rings. The van der Waals surface area contributed by atoms with E-state index in [-0.39, 0.29) is 12.2 Å². The van der Waals surface area contributed by atoms with Gasteiger partial charge in [-0.3, -0.25) is 19.8 Å². The highest BCUT2D eigenvalue weighted by atomic mass is 16.6. The third kappa shape index (κ3) is 4.23. The molecular formula is C12H18N6O6. The summed E-state index contributed by atoms with van der Waals surface area (Å²) in [7, 11) is 0. The Kier molecular flexibility index (Phi) is 5.76. The molecule has 1 fully saturated rings. The van der Waals surface area contributed by atoms with E-state index in [1.165, 1.54) is 6.92 Å². The Morgan fingerprint density at radius 3 is 2.50 bits per heavy atom. The van der Waals surface area contributed by atoms with Crippen LogP contribution in [0.5, 0.6) is 0 Å². The summed E-state index contributed by atoms with van der Waals surface area (Å²) in [6, 6.07) is 0. The van der Waals surface area contributed by atoms with Gasteiger partial charge >= 0.3 is 11.5 Å². The zero-order chi connectivity index (χ0) is 17.7. The van der Waals surface area contributed by atoms with Crippen LogP contribution in [0.1, 0.15) is 5.69 Å². The molecule has 12 heteroatoms. The molecule has 0 unspecified atom stereocenters. The maximum absolute atomic E-state index is 11.9. The molecule has 1 aliphatic rings. The normalized spacial score (nSPS) is 15.2. The predicted octanol–water partition coefficient (Wildman–Crippen LogP) is -0.544. The van der Waals surface area contributed by atoms with Crippen LogP contribution in [-0.4, -0.2) is 69.8 Å². The lowest BCUT2D eigenvalue weighted by atomic mass is 10.4. The summed E-state index contributed by atoms with van der Waals surface area (Å²) < 4.78 is 6.19. The molecule has 0 saturated carbocycles. The van der Waals surface area contributed by atoms with Crippen molar-refractivity contribution in [1.82, 2.24) is 20.0 Å². The second kappa shape index (κ2) is 7.79. The van der Waals surface area contributed by atoms with E-state index in [4.69, 9.17) is 4.74 Å². The summed E-state index contributed by atoms with van der Waals surface area (Å²) in [5.74, 6) is -1.28. The van der Waals surface area contributed by atoms with Gasteiger partial charge in [-0.1, -0.05) is 0 Å². The minimum Gasteiger partial charge on any atom is -0.379 e. The van der Waals surface area contributed by atoms with Crippen molar-refractivity contribution in [3.05, 3.63) is 25.9 Å². The molecule has 0 radical (unpaired) electrons. The number of aromatic nitrogens is 2. The third-order valence-electron chi connectivity index (χ3n) is 3.66. The summed E-state index contributed by atoms with van der Waals surface area (Å²) in [5.41, 5.74) is -0.726. The van der Waals surface area contributed by atoms with Gasteiger partial charge in [0.15, 0.2) is 0 Å². The van der Waals surface area contributed by atoms with Crippen molar-refractivity contribution in [2.45, 2.75) is 13.5 Å².